The summed E-state index contributed by atoms with van der Waals surface area (Å²) in [5.74, 6) is -0.299. The van der Waals surface area contributed by atoms with E-state index in [0.29, 0.717) is 13.1 Å². The fourth-order valence-electron chi connectivity index (χ4n) is 3.92. The number of benzene rings is 1. The Hall–Kier alpha value is -2.08. The van der Waals surface area contributed by atoms with Crippen LogP contribution in [0.25, 0.3) is 0 Å². The van der Waals surface area contributed by atoms with Gasteiger partial charge in [-0.05, 0) is 31.4 Å². The van der Waals surface area contributed by atoms with Gasteiger partial charge in [0.05, 0.1) is 32.1 Å². The molecular formula is C19H29N4O2+. The fourth-order valence-corrected chi connectivity index (χ4v) is 3.92. The van der Waals surface area contributed by atoms with E-state index >= 15 is 0 Å². The third-order valence-electron chi connectivity index (χ3n) is 5.50. The highest BCUT2D eigenvalue weighted by Gasteiger charge is 2.30. The Bertz CT molecular complexity index is 626. The molecule has 1 aromatic rings. The number of amides is 2. The maximum absolute atomic E-state index is 12.6. The van der Waals surface area contributed by atoms with Crippen molar-refractivity contribution >= 4 is 17.5 Å². The first-order valence-electron chi connectivity index (χ1n) is 9.26. The lowest BCUT2D eigenvalue weighted by atomic mass is 9.97. The van der Waals surface area contributed by atoms with Crippen molar-refractivity contribution in [2.24, 2.45) is 11.7 Å². The first-order valence-corrected chi connectivity index (χ1v) is 9.26. The Labute approximate surface area is 149 Å². The number of anilines is 1. The third kappa shape index (κ3) is 4.31. The van der Waals surface area contributed by atoms with Crippen molar-refractivity contribution < 1.29 is 14.5 Å². The fraction of sp³-hybridized carbons (Fsp3) is 0.579. The Morgan fingerprint density at radius 2 is 1.92 bits per heavy atom. The zero-order valence-corrected chi connectivity index (χ0v) is 15.0. The van der Waals surface area contributed by atoms with Crippen molar-refractivity contribution in [2.75, 3.05) is 50.7 Å². The molecule has 0 unspecified atom stereocenters. The molecule has 0 radical (unpaired) electrons. The maximum atomic E-state index is 12.6. The van der Waals surface area contributed by atoms with Crippen LogP contribution >= 0.6 is 0 Å². The lowest BCUT2D eigenvalue weighted by molar-refractivity contribution is -0.892. The second-order valence-electron chi connectivity index (χ2n) is 7.28. The van der Waals surface area contributed by atoms with Crippen molar-refractivity contribution in [3.63, 3.8) is 0 Å². The first kappa shape index (κ1) is 17.7. The summed E-state index contributed by atoms with van der Waals surface area (Å²) in [6.07, 6.45) is 1.68. The lowest BCUT2D eigenvalue weighted by Crippen LogP contribution is -3.16. The molecule has 2 amide bonds. The number of hydrogen-bond acceptors (Lipinski definition) is 3. The molecule has 2 aliphatic rings. The summed E-state index contributed by atoms with van der Waals surface area (Å²) >= 11 is 0. The molecular weight excluding hydrogens is 316 g/mol. The summed E-state index contributed by atoms with van der Waals surface area (Å²) in [7, 11) is 0. The van der Waals surface area contributed by atoms with Crippen LogP contribution in [0.15, 0.2) is 24.3 Å². The molecule has 2 heterocycles. The summed E-state index contributed by atoms with van der Waals surface area (Å²) in [5.41, 5.74) is 8.01. The molecule has 0 aliphatic carbocycles. The van der Waals surface area contributed by atoms with Gasteiger partial charge in [0.15, 0.2) is 6.54 Å². The lowest BCUT2D eigenvalue weighted by Gasteiger charge is -2.36. The summed E-state index contributed by atoms with van der Waals surface area (Å²) in [4.78, 5) is 29.5. The molecule has 1 aromatic carbocycles. The van der Waals surface area contributed by atoms with E-state index in [1.807, 2.05) is 4.90 Å². The van der Waals surface area contributed by atoms with Gasteiger partial charge in [0.25, 0.3) is 5.91 Å². The summed E-state index contributed by atoms with van der Waals surface area (Å²) < 4.78 is 0. The number of carbonyl (C=O) groups excluding carboxylic acids is 2. The van der Waals surface area contributed by atoms with Crippen LogP contribution in [0.5, 0.6) is 0 Å². The molecule has 3 rings (SSSR count). The quantitative estimate of drug-likeness (QED) is 0.767. The van der Waals surface area contributed by atoms with Gasteiger partial charge in [0, 0.05) is 18.8 Å². The van der Waals surface area contributed by atoms with Crippen LogP contribution in [0.4, 0.5) is 5.69 Å². The average molecular weight is 345 g/mol. The number of para-hydroxylation sites is 1. The van der Waals surface area contributed by atoms with Crippen LogP contribution < -0.4 is 15.5 Å². The Morgan fingerprint density at radius 1 is 1.20 bits per heavy atom. The number of hydrogen-bond donors (Lipinski definition) is 2. The van der Waals surface area contributed by atoms with Gasteiger partial charge in [0.2, 0.25) is 5.91 Å². The van der Waals surface area contributed by atoms with Gasteiger partial charge < -0.3 is 20.4 Å². The smallest absolute Gasteiger partial charge is 0.277 e. The number of nitrogens with two attached hydrogens (primary N) is 1. The van der Waals surface area contributed by atoms with Gasteiger partial charge in [0.1, 0.15) is 0 Å². The molecule has 0 aromatic heterocycles. The number of quaternary nitrogens is 1. The molecule has 25 heavy (non-hydrogen) atoms. The Kier molecular flexibility index (Phi) is 5.58. The number of primary amides is 1. The van der Waals surface area contributed by atoms with Crippen molar-refractivity contribution in [3.05, 3.63) is 29.8 Å². The molecule has 0 saturated carbocycles. The van der Waals surface area contributed by atoms with Crippen LogP contribution in [0, 0.1) is 12.8 Å². The van der Waals surface area contributed by atoms with Gasteiger partial charge in [-0.3, -0.25) is 9.59 Å². The molecule has 0 spiro atoms. The van der Waals surface area contributed by atoms with Crippen molar-refractivity contribution in [1.82, 2.24) is 4.90 Å². The zero-order chi connectivity index (χ0) is 17.8. The largest absolute Gasteiger partial charge is 0.369 e. The molecule has 136 valence electrons. The highest BCUT2D eigenvalue weighted by Crippen LogP contribution is 2.19. The molecule has 0 bridgehead atoms. The summed E-state index contributed by atoms with van der Waals surface area (Å²) in [5, 5.41) is 0. The highest BCUT2D eigenvalue weighted by molar-refractivity contribution is 5.80. The SMILES string of the molecule is Cc1ccccc1N1CC[NH+](CC(=O)N2CCC[C@H](C(N)=O)C2)CC1. The second kappa shape index (κ2) is 7.87. The van der Waals surface area contributed by atoms with Gasteiger partial charge in [-0.25, -0.2) is 0 Å². The topological polar surface area (TPSA) is 71.1 Å². The number of aryl methyl sites for hydroxylation is 1. The predicted octanol–water partition coefficient (Wildman–Crippen LogP) is -0.576. The molecule has 2 fully saturated rings. The minimum absolute atomic E-state index is 0.158. The molecule has 1 atom stereocenters. The van der Waals surface area contributed by atoms with Gasteiger partial charge in [-0.2, -0.15) is 0 Å². The first-order chi connectivity index (χ1) is 12.0. The number of carbonyl (C=O) groups is 2. The Morgan fingerprint density at radius 3 is 2.60 bits per heavy atom. The monoisotopic (exact) mass is 345 g/mol. The minimum atomic E-state index is -0.281. The molecule has 6 nitrogen and oxygen atoms in total. The summed E-state index contributed by atoms with van der Waals surface area (Å²) in [6.45, 7) is 7.79. The van der Waals surface area contributed by atoms with Crippen molar-refractivity contribution in [3.8, 4) is 0 Å². The van der Waals surface area contributed by atoms with Crippen molar-refractivity contribution in [1.29, 1.82) is 0 Å². The normalized spacial score (nSPS) is 22.0. The molecule has 2 saturated heterocycles. The van der Waals surface area contributed by atoms with E-state index in [1.165, 1.54) is 16.2 Å². The molecule has 3 N–H and O–H groups in total. The Balaban J connectivity index is 1.49. The second-order valence-corrected chi connectivity index (χ2v) is 7.28. The molecule has 2 aliphatic heterocycles. The van der Waals surface area contributed by atoms with E-state index in [2.05, 4.69) is 36.1 Å². The summed E-state index contributed by atoms with van der Waals surface area (Å²) in [6, 6.07) is 8.46. The maximum Gasteiger partial charge on any atom is 0.277 e. The number of nitrogens with zero attached hydrogens (tertiary/aromatic N) is 2. The van der Waals surface area contributed by atoms with E-state index in [-0.39, 0.29) is 17.7 Å². The standard InChI is InChI=1S/C19H28N4O2/c1-15-5-2-3-7-17(15)22-11-9-21(10-12-22)14-18(24)23-8-4-6-16(13-23)19(20)25/h2-3,5,7,16H,4,6,8-14H2,1H3,(H2,20,25)/p+1/t16-/m0/s1. The van der Waals surface area contributed by atoms with E-state index in [1.54, 1.807) is 0 Å². The number of piperazine rings is 1. The van der Waals surface area contributed by atoms with Crippen LogP contribution in [0.1, 0.15) is 18.4 Å². The van der Waals surface area contributed by atoms with Gasteiger partial charge in [-0.1, -0.05) is 18.2 Å². The van der Waals surface area contributed by atoms with E-state index in [4.69, 9.17) is 5.73 Å². The minimum Gasteiger partial charge on any atom is -0.369 e. The van der Waals surface area contributed by atoms with Crippen molar-refractivity contribution in [2.45, 2.75) is 19.8 Å². The average Bonchev–Trinajstić information content (AvgIpc) is 2.63. The number of rotatable bonds is 4. The zero-order valence-electron chi connectivity index (χ0n) is 15.0. The van der Waals surface area contributed by atoms with Gasteiger partial charge in [-0.15, -0.1) is 0 Å². The number of likely N-dealkylation sites (tertiary alicyclic amines) is 1. The van der Waals surface area contributed by atoms with Crippen LogP contribution in [-0.2, 0) is 9.59 Å². The molecule has 6 heteroatoms. The van der Waals surface area contributed by atoms with E-state index in [0.717, 1.165) is 45.6 Å². The number of piperidine rings is 1. The highest BCUT2D eigenvalue weighted by atomic mass is 16.2. The van der Waals surface area contributed by atoms with Gasteiger partial charge >= 0.3 is 0 Å². The van der Waals surface area contributed by atoms with Crippen LogP contribution in [0.3, 0.4) is 0 Å². The predicted molar refractivity (Wildman–Crippen MR) is 97.5 cm³/mol. The third-order valence-corrected chi connectivity index (χ3v) is 5.50. The van der Waals surface area contributed by atoms with E-state index in [9.17, 15) is 9.59 Å². The van der Waals surface area contributed by atoms with E-state index < -0.39 is 0 Å². The van der Waals surface area contributed by atoms with Crippen LogP contribution in [0.2, 0.25) is 0 Å². The van der Waals surface area contributed by atoms with Crippen LogP contribution in [-0.4, -0.2) is 62.5 Å². The number of nitrogens with one attached hydrogen (secondary N) is 1.